The number of carbonyl (C=O) groups is 1. The molecule has 19 heavy (non-hydrogen) atoms. The van der Waals surface area contributed by atoms with Crippen LogP contribution in [0.5, 0.6) is 0 Å². The number of carbonyl (C=O) groups excluding carboxylic acids is 1. The molecular formula is C13H14N4O2. The second-order valence-electron chi connectivity index (χ2n) is 4.44. The van der Waals surface area contributed by atoms with Crippen LogP contribution in [0.2, 0.25) is 0 Å². The summed E-state index contributed by atoms with van der Waals surface area (Å²) in [5.41, 5.74) is 2.55. The van der Waals surface area contributed by atoms with Crippen molar-refractivity contribution >= 4 is 5.91 Å². The van der Waals surface area contributed by atoms with Crippen LogP contribution < -0.4 is 10.6 Å². The maximum absolute atomic E-state index is 11.4. The number of hydrogen-bond acceptors (Lipinski definition) is 5. The molecular weight excluding hydrogens is 244 g/mol. The molecule has 0 saturated heterocycles. The number of nitrogens with one attached hydrogen (secondary N) is 2. The van der Waals surface area contributed by atoms with Gasteiger partial charge in [-0.1, -0.05) is 29.4 Å². The largest absolute Gasteiger partial charge is 0.352 e. The molecule has 0 radical (unpaired) electrons. The zero-order valence-electron chi connectivity index (χ0n) is 10.5. The van der Waals surface area contributed by atoms with Gasteiger partial charge in [-0.3, -0.25) is 4.79 Å². The second-order valence-corrected chi connectivity index (χ2v) is 4.44. The lowest BCUT2D eigenvalue weighted by Crippen LogP contribution is -2.29. The first-order chi connectivity index (χ1) is 9.28. The average molecular weight is 258 g/mol. The van der Waals surface area contributed by atoms with Crippen LogP contribution in [0.3, 0.4) is 0 Å². The van der Waals surface area contributed by atoms with Crippen LogP contribution in [-0.2, 0) is 13.0 Å². The summed E-state index contributed by atoms with van der Waals surface area (Å²) in [6, 6.07) is 8.20. The standard InChI is InChI=1S/C13H14N4O2/c1-14-12(18)11-16-13(19-17-11)10-6-8-4-2-3-5-9(8)7-15-10/h2-5,10,15H,6-7H2,1H3,(H,14,18)/t10-/m1/s1. The molecule has 6 heteroatoms. The molecule has 2 heterocycles. The summed E-state index contributed by atoms with van der Waals surface area (Å²) in [5, 5.41) is 9.48. The van der Waals surface area contributed by atoms with Crippen LogP contribution in [-0.4, -0.2) is 23.1 Å². The van der Waals surface area contributed by atoms with E-state index in [1.807, 2.05) is 12.1 Å². The van der Waals surface area contributed by atoms with E-state index in [-0.39, 0.29) is 17.8 Å². The number of hydrogen-bond donors (Lipinski definition) is 2. The first-order valence-electron chi connectivity index (χ1n) is 6.14. The highest BCUT2D eigenvalue weighted by Gasteiger charge is 2.25. The molecule has 0 bridgehead atoms. The van der Waals surface area contributed by atoms with Crippen LogP contribution in [0, 0.1) is 0 Å². The Bertz CT molecular complexity index is 608. The predicted molar refractivity (Wildman–Crippen MR) is 67.4 cm³/mol. The monoisotopic (exact) mass is 258 g/mol. The Morgan fingerprint density at radius 3 is 3.00 bits per heavy atom. The van der Waals surface area contributed by atoms with E-state index in [0.717, 1.165) is 13.0 Å². The smallest absolute Gasteiger partial charge is 0.292 e. The molecule has 1 aromatic heterocycles. The molecule has 2 aromatic rings. The van der Waals surface area contributed by atoms with Gasteiger partial charge in [-0.2, -0.15) is 4.98 Å². The van der Waals surface area contributed by atoms with Crippen molar-refractivity contribution in [3.8, 4) is 0 Å². The Hall–Kier alpha value is -2.21. The fourth-order valence-electron chi connectivity index (χ4n) is 2.21. The minimum absolute atomic E-state index is 0.0409. The highest BCUT2D eigenvalue weighted by atomic mass is 16.5. The van der Waals surface area contributed by atoms with Crippen molar-refractivity contribution in [2.45, 2.75) is 19.0 Å². The van der Waals surface area contributed by atoms with Crippen molar-refractivity contribution in [1.29, 1.82) is 0 Å². The van der Waals surface area contributed by atoms with Gasteiger partial charge in [-0.15, -0.1) is 0 Å². The molecule has 1 aliphatic heterocycles. The van der Waals surface area contributed by atoms with E-state index in [4.69, 9.17) is 4.52 Å². The predicted octanol–water partition coefficient (Wildman–Crippen LogP) is 0.816. The van der Waals surface area contributed by atoms with Crippen molar-refractivity contribution < 1.29 is 9.32 Å². The lowest BCUT2D eigenvalue weighted by atomic mass is 9.96. The Kier molecular flexibility index (Phi) is 3.00. The SMILES string of the molecule is CNC(=O)c1noc([C@H]2Cc3ccccc3CN2)n1. The highest BCUT2D eigenvalue weighted by molar-refractivity contribution is 5.89. The normalized spacial score (nSPS) is 17.8. The number of aromatic nitrogens is 2. The summed E-state index contributed by atoms with van der Waals surface area (Å²) < 4.78 is 5.16. The number of benzene rings is 1. The number of fused-ring (bicyclic) bond motifs is 1. The third kappa shape index (κ3) is 2.22. The van der Waals surface area contributed by atoms with Crippen LogP contribution in [0.1, 0.15) is 33.7 Å². The molecule has 0 saturated carbocycles. The van der Waals surface area contributed by atoms with Crippen LogP contribution >= 0.6 is 0 Å². The summed E-state index contributed by atoms with van der Waals surface area (Å²) in [6.45, 7) is 0.762. The van der Waals surface area contributed by atoms with E-state index in [0.29, 0.717) is 5.89 Å². The van der Waals surface area contributed by atoms with E-state index in [1.165, 1.54) is 18.2 Å². The molecule has 0 aliphatic carbocycles. The first kappa shape index (κ1) is 11.9. The van der Waals surface area contributed by atoms with E-state index in [9.17, 15) is 4.79 Å². The summed E-state index contributed by atoms with van der Waals surface area (Å²) in [5.74, 6) is 0.178. The van der Waals surface area contributed by atoms with Crippen LogP contribution in [0.25, 0.3) is 0 Å². The third-order valence-corrected chi connectivity index (χ3v) is 3.25. The van der Waals surface area contributed by atoms with Crippen LogP contribution in [0.15, 0.2) is 28.8 Å². The number of nitrogens with zero attached hydrogens (tertiary/aromatic N) is 2. The molecule has 1 aromatic carbocycles. The first-order valence-corrected chi connectivity index (χ1v) is 6.14. The van der Waals surface area contributed by atoms with Crippen molar-refractivity contribution in [2.24, 2.45) is 0 Å². The van der Waals surface area contributed by atoms with E-state index < -0.39 is 0 Å². The molecule has 0 fully saturated rings. The fraction of sp³-hybridized carbons (Fsp3) is 0.308. The van der Waals surface area contributed by atoms with Gasteiger partial charge in [0.25, 0.3) is 11.7 Å². The zero-order chi connectivity index (χ0) is 13.2. The lowest BCUT2D eigenvalue weighted by molar-refractivity contribution is 0.0950. The average Bonchev–Trinajstić information content (AvgIpc) is 2.95. The van der Waals surface area contributed by atoms with E-state index >= 15 is 0 Å². The molecule has 1 amide bonds. The van der Waals surface area contributed by atoms with Gasteiger partial charge >= 0.3 is 0 Å². The van der Waals surface area contributed by atoms with Crippen LogP contribution in [0.4, 0.5) is 0 Å². The maximum atomic E-state index is 11.4. The Balaban J connectivity index is 1.81. The van der Waals surface area contributed by atoms with Crippen molar-refractivity contribution in [1.82, 2.24) is 20.8 Å². The van der Waals surface area contributed by atoms with Gasteiger partial charge in [0.05, 0.1) is 6.04 Å². The molecule has 6 nitrogen and oxygen atoms in total. The van der Waals surface area contributed by atoms with Gasteiger partial charge in [0, 0.05) is 13.6 Å². The second kappa shape index (κ2) is 4.81. The summed E-state index contributed by atoms with van der Waals surface area (Å²) in [7, 11) is 1.54. The van der Waals surface area contributed by atoms with Crippen molar-refractivity contribution in [3.05, 3.63) is 47.1 Å². The van der Waals surface area contributed by atoms with Gasteiger partial charge in [0.2, 0.25) is 5.89 Å². The minimum Gasteiger partial charge on any atom is -0.352 e. The fourth-order valence-corrected chi connectivity index (χ4v) is 2.21. The summed E-state index contributed by atoms with van der Waals surface area (Å²) in [4.78, 5) is 15.5. The number of amides is 1. The van der Waals surface area contributed by atoms with Gasteiger partial charge in [0.15, 0.2) is 0 Å². The molecule has 2 N–H and O–H groups in total. The summed E-state index contributed by atoms with van der Waals surface area (Å²) in [6.07, 6.45) is 0.783. The minimum atomic E-state index is -0.341. The quantitative estimate of drug-likeness (QED) is 0.833. The number of rotatable bonds is 2. The molecule has 0 spiro atoms. The van der Waals surface area contributed by atoms with Gasteiger partial charge in [-0.25, -0.2) is 0 Å². The van der Waals surface area contributed by atoms with Gasteiger partial charge < -0.3 is 15.2 Å². The lowest BCUT2D eigenvalue weighted by Gasteiger charge is -2.23. The van der Waals surface area contributed by atoms with Crippen molar-refractivity contribution in [3.63, 3.8) is 0 Å². The highest BCUT2D eigenvalue weighted by Crippen LogP contribution is 2.24. The van der Waals surface area contributed by atoms with E-state index in [1.54, 1.807) is 0 Å². The molecule has 98 valence electrons. The molecule has 3 rings (SSSR count). The zero-order valence-corrected chi connectivity index (χ0v) is 10.5. The van der Waals surface area contributed by atoms with Gasteiger partial charge in [-0.05, 0) is 17.5 Å². The Morgan fingerprint density at radius 1 is 1.42 bits per heavy atom. The van der Waals surface area contributed by atoms with Gasteiger partial charge in [0.1, 0.15) is 0 Å². The third-order valence-electron chi connectivity index (χ3n) is 3.25. The topological polar surface area (TPSA) is 80.0 Å². The molecule has 1 aliphatic rings. The van der Waals surface area contributed by atoms with Crippen molar-refractivity contribution in [2.75, 3.05) is 7.05 Å². The summed E-state index contributed by atoms with van der Waals surface area (Å²) >= 11 is 0. The molecule has 0 unspecified atom stereocenters. The maximum Gasteiger partial charge on any atom is 0.292 e. The Morgan fingerprint density at radius 2 is 2.21 bits per heavy atom. The molecule has 1 atom stereocenters. The Labute approximate surface area is 110 Å². The van der Waals surface area contributed by atoms with E-state index in [2.05, 4.69) is 32.9 Å².